The maximum atomic E-state index is 8.90. The third-order valence-corrected chi connectivity index (χ3v) is 4.26. The van der Waals surface area contributed by atoms with Crippen molar-refractivity contribution < 1.29 is 9.47 Å². The summed E-state index contributed by atoms with van der Waals surface area (Å²) < 4.78 is 10.8. The van der Waals surface area contributed by atoms with Crippen molar-refractivity contribution in [2.75, 3.05) is 14.2 Å². The molecule has 0 atom stereocenters. The molecule has 0 saturated heterocycles. The molecule has 0 aliphatic carbocycles. The van der Waals surface area contributed by atoms with E-state index in [1.54, 1.807) is 20.4 Å². The molecule has 26 heavy (non-hydrogen) atoms. The Kier molecular flexibility index (Phi) is 6.57. The maximum Gasteiger partial charge on any atom is 0.216 e. The van der Waals surface area contributed by atoms with Crippen LogP contribution in [0.1, 0.15) is 36.1 Å². The third kappa shape index (κ3) is 4.52. The second kappa shape index (κ2) is 8.87. The molecule has 0 bridgehead atoms. The first-order valence-electron chi connectivity index (χ1n) is 8.43. The highest BCUT2D eigenvalue weighted by atomic mass is 16.5. The summed E-state index contributed by atoms with van der Waals surface area (Å²) in [5.74, 6) is 1.43. The highest BCUT2D eigenvalue weighted by Gasteiger charge is 2.13. The van der Waals surface area contributed by atoms with Crippen molar-refractivity contribution in [1.29, 1.82) is 5.26 Å². The van der Waals surface area contributed by atoms with Gasteiger partial charge in [0.1, 0.15) is 5.76 Å². The van der Waals surface area contributed by atoms with E-state index in [2.05, 4.69) is 23.7 Å². The van der Waals surface area contributed by atoms with Crippen LogP contribution in [0.5, 0.6) is 5.88 Å². The molecule has 4 heteroatoms. The molecule has 1 aromatic carbocycles. The van der Waals surface area contributed by atoms with Crippen LogP contribution < -0.4 is 4.74 Å². The van der Waals surface area contributed by atoms with Gasteiger partial charge in [-0.2, -0.15) is 5.26 Å². The molecule has 2 aromatic rings. The van der Waals surface area contributed by atoms with Crippen molar-refractivity contribution in [3.05, 3.63) is 76.7 Å². The number of allylic oxidation sites excluding steroid dienone is 3. The number of methoxy groups -OCH3 is 2. The summed E-state index contributed by atoms with van der Waals surface area (Å²) in [4.78, 5) is 4.46. The average Bonchev–Trinajstić information content (AvgIpc) is 2.66. The SMILES string of the molecule is C=C(C)/C(=C(/C)OC)c1cnc(OC)c(CCc2ccc(C#N)cc2)c1. The quantitative estimate of drug-likeness (QED) is 0.537. The molecule has 0 saturated carbocycles. The van der Waals surface area contributed by atoms with Crippen LogP contribution in [-0.2, 0) is 17.6 Å². The van der Waals surface area contributed by atoms with Crippen molar-refractivity contribution >= 4 is 5.57 Å². The van der Waals surface area contributed by atoms with Gasteiger partial charge in [-0.25, -0.2) is 4.98 Å². The summed E-state index contributed by atoms with van der Waals surface area (Å²) >= 11 is 0. The molecule has 0 aliphatic heterocycles. The molecule has 0 spiro atoms. The molecular formula is C22H24N2O2. The molecule has 1 heterocycles. The Labute approximate surface area is 155 Å². The molecule has 0 unspecified atom stereocenters. The molecular weight excluding hydrogens is 324 g/mol. The van der Waals surface area contributed by atoms with E-state index in [1.165, 1.54) is 5.56 Å². The number of nitrogens with zero attached hydrogens (tertiary/aromatic N) is 2. The van der Waals surface area contributed by atoms with Gasteiger partial charge in [0.2, 0.25) is 5.88 Å². The molecule has 1 aromatic heterocycles. The fourth-order valence-corrected chi connectivity index (χ4v) is 2.87. The van der Waals surface area contributed by atoms with Gasteiger partial charge in [-0.05, 0) is 56.0 Å². The van der Waals surface area contributed by atoms with Gasteiger partial charge in [0.25, 0.3) is 0 Å². The monoisotopic (exact) mass is 348 g/mol. The fourth-order valence-electron chi connectivity index (χ4n) is 2.87. The van der Waals surface area contributed by atoms with Crippen molar-refractivity contribution in [2.24, 2.45) is 0 Å². The average molecular weight is 348 g/mol. The van der Waals surface area contributed by atoms with Crippen LogP contribution in [0.3, 0.4) is 0 Å². The molecule has 0 N–H and O–H groups in total. The van der Waals surface area contributed by atoms with E-state index in [0.29, 0.717) is 11.4 Å². The van der Waals surface area contributed by atoms with E-state index in [-0.39, 0.29) is 0 Å². The lowest BCUT2D eigenvalue weighted by Crippen LogP contribution is -2.01. The van der Waals surface area contributed by atoms with Crippen LogP contribution >= 0.6 is 0 Å². The molecule has 0 radical (unpaired) electrons. The van der Waals surface area contributed by atoms with Crippen molar-refractivity contribution in [1.82, 2.24) is 4.98 Å². The molecule has 4 nitrogen and oxygen atoms in total. The largest absolute Gasteiger partial charge is 0.501 e. The van der Waals surface area contributed by atoms with Gasteiger partial charge in [0.15, 0.2) is 0 Å². The van der Waals surface area contributed by atoms with E-state index in [4.69, 9.17) is 14.7 Å². The summed E-state index contributed by atoms with van der Waals surface area (Å²) in [6, 6.07) is 11.9. The summed E-state index contributed by atoms with van der Waals surface area (Å²) in [5.41, 5.74) is 5.71. The minimum atomic E-state index is 0.624. The predicted molar refractivity (Wildman–Crippen MR) is 104 cm³/mol. The smallest absolute Gasteiger partial charge is 0.216 e. The van der Waals surface area contributed by atoms with Gasteiger partial charge in [0, 0.05) is 22.9 Å². The van der Waals surface area contributed by atoms with Crippen LogP contribution in [0.4, 0.5) is 0 Å². The third-order valence-electron chi connectivity index (χ3n) is 4.26. The number of hydrogen-bond donors (Lipinski definition) is 0. The summed E-state index contributed by atoms with van der Waals surface area (Å²) in [6.07, 6.45) is 3.41. The lowest BCUT2D eigenvalue weighted by atomic mass is 9.97. The second-order valence-electron chi connectivity index (χ2n) is 6.12. The van der Waals surface area contributed by atoms with Crippen LogP contribution in [0.25, 0.3) is 5.57 Å². The van der Waals surface area contributed by atoms with Crippen LogP contribution in [-0.4, -0.2) is 19.2 Å². The van der Waals surface area contributed by atoms with Crippen LogP contribution in [0.15, 0.2) is 54.4 Å². The second-order valence-corrected chi connectivity index (χ2v) is 6.12. The number of aryl methyl sites for hydroxylation is 2. The topological polar surface area (TPSA) is 55.1 Å². The molecule has 2 rings (SSSR count). The molecule has 0 aliphatic rings. The van der Waals surface area contributed by atoms with Gasteiger partial charge < -0.3 is 9.47 Å². The Morgan fingerprint density at radius 1 is 1.15 bits per heavy atom. The Hall–Kier alpha value is -3.06. The molecule has 0 fully saturated rings. The number of benzene rings is 1. The minimum Gasteiger partial charge on any atom is -0.501 e. The van der Waals surface area contributed by atoms with Gasteiger partial charge >= 0.3 is 0 Å². The fraction of sp³-hybridized carbons (Fsp3) is 0.273. The first-order chi connectivity index (χ1) is 12.5. The normalized spacial score (nSPS) is 11.3. The Balaban J connectivity index is 2.32. The summed E-state index contributed by atoms with van der Waals surface area (Å²) in [5, 5.41) is 8.90. The Bertz CT molecular complexity index is 859. The predicted octanol–water partition coefficient (Wildman–Crippen LogP) is 4.70. The molecule has 0 amide bonds. The highest BCUT2D eigenvalue weighted by Crippen LogP contribution is 2.29. The molecule has 134 valence electrons. The van der Waals surface area contributed by atoms with Gasteiger partial charge in [-0.15, -0.1) is 0 Å². The van der Waals surface area contributed by atoms with E-state index >= 15 is 0 Å². The first-order valence-corrected chi connectivity index (χ1v) is 8.43. The van der Waals surface area contributed by atoms with Crippen molar-refractivity contribution in [3.63, 3.8) is 0 Å². The first kappa shape index (κ1) is 19.3. The van der Waals surface area contributed by atoms with Gasteiger partial charge in [-0.3, -0.25) is 0 Å². The lowest BCUT2D eigenvalue weighted by molar-refractivity contribution is 0.296. The lowest BCUT2D eigenvalue weighted by Gasteiger charge is -2.14. The zero-order chi connectivity index (χ0) is 19.1. The minimum absolute atomic E-state index is 0.624. The van der Waals surface area contributed by atoms with Crippen molar-refractivity contribution in [2.45, 2.75) is 26.7 Å². The number of rotatable bonds is 7. The highest BCUT2D eigenvalue weighted by molar-refractivity contribution is 5.79. The van der Waals surface area contributed by atoms with E-state index in [0.717, 1.165) is 40.9 Å². The van der Waals surface area contributed by atoms with Crippen LogP contribution in [0, 0.1) is 11.3 Å². The Morgan fingerprint density at radius 3 is 2.38 bits per heavy atom. The summed E-state index contributed by atoms with van der Waals surface area (Å²) in [6.45, 7) is 7.94. The number of aromatic nitrogens is 1. The standard InChI is InChI=1S/C22H24N2O2/c1-15(2)21(16(3)25-4)20-12-19(22(26-5)24-14-20)11-10-17-6-8-18(13-23)9-7-17/h6-9,12,14H,1,10-11H2,2-5H3/b21-16+. The van der Waals surface area contributed by atoms with E-state index < -0.39 is 0 Å². The summed E-state index contributed by atoms with van der Waals surface area (Å²) in [7, 11) is 3.28. The van der Waals surface area contributed by atoms with E-state index in [1.807, 2.05) is 38.1 Å². The number of nitriles is 1. The van der Waals surface area contributed by atoms with Crippen LogP contribution in [0.2, 0.25) is 0 Å². The number of pyridine rings is 1. The maximum absolute atomic E-state index is 8.90. The Morgan fingerprint density at radius 2 is 1.85 bits per heavy atom. The van der Waals surface area contributed by atoms with Gasteiger partial charge in [-0.1, -0.05) is 18.7 Å². The zero-order valence-corrected chi connectivity index (χ0v) is 15.8. The number of ether oxygens (including phenoxy) is 2. The van der Waals surface area contributed by atoms with E-state index in [9.17, 15) is 0 Å². The van der Waals surface area contributed by atoms with Crippen molar-refractivity contribution in [3.8, 4) is 11.9 Å². The van der Waals surface area contributed by atoms with Gasteiger partial charge in [0.05, 0.1) is 25.9 Å². The number of hydrogen-bond acceptors (Lipinski definition) is 4. The zero-order valence-electron chi connectivity index (χ0n) is 15.8.